The minimum atomic E-state index is -3.88. The van der Waals surface area contributed by atoms with E-state index in [1.807, 2.05) is 36.4 Å². The number of carbonyl (C=O) groups is 1. The molecule has 0 saturated carbocycles. The zero-order valence-electron chi connectivity index (χ0n) is 16.1. The maximum atomic E-state index is 12.7. The van der Waals surface area contributed by atoms with E-state index in [-0.39, 0.29) is 28.1 Å². The third-order valence-electron chi connectivity index (χ3n) is 5.02. The van der Waals surface area contributed by atoms with Crippen LogP contribution in [0.2, 0.25) is 5.02 Å². The minimum Gasteiger partial charge on any atom is -0.377 e. The number of nitrogens with one attached hydrogen (secondary N) is 2. The molecule has 6 nitrogen and oxygen atoms in total. The van der Waals surface area contributed by atoms with Crippen LogP contribution in [-0.4, -0.2) is 33.6 Å². The van der Waals surface area contributed by atoms with Gasteiger partial charge in [-0.2, -0.15) is 0 Å². The van der Waals surface area contributed by atoms with Crippen molar-refractivity contribution in [2.24, 2.45) is 0 Å². The van der Waals surface area contributed by atoms with E-state index in [0.717, 1.165) is 23.6 Å². The average Bonchev–Trinajstić information content (AvgIpc) is 3.26. The molecule has 3 aromatic rings. The molecule has 1 amide bonds. The molecule has 8 heteroatoms. The zero-order chi connectivity index (χ0) is 21.1. The highest BCUT2D eigenvalue weighted by Gasteiger charge is 2.23. The fourth-order valence-electron chi connectivity index (χ4n) is 3.41. The van der Waals surface area contributed by atoms with Crippen molar-refractivity contribution in [3.05, 3.63) is 71.2 Å². The van der Waals surface area contributed by atoms with Crippen molar-refractivity contribution < 1.29 is 17.9 Å². The van der Waals surface area contributed by atoms with Crippen LogP contribution < -0.4 is 10.0 Å². The highest BCUT2D eigenvalue weighted by atomic mass is 35.5. The number of hydrogen-bond donors (Lipinski definition) is 2. The molecule has 2 N–H and O–H groups in total. The van der Waals surface area contributed by atoms with Gasteiger partial charge in [0.1, 0.15) is 4.90 Å². The monoisotopic (exact) mass is 444 g/mol. The molecule has 1 atom stereocenters. The van der Waals surface area contributed by atoms with E-state index in [1.54, 1.807) is 6.07 Å². The van der Waals surface area contributed by atoms with Gasteiger partial charge in [0.25, 0.3) is 5.91 Å². The van der Waals surface area contributed by atoms with Gasteiger partial charge in [-0.15, -0.1) is 0 Å². The van der Waals surface area contributed by atoms with Crippen molar-refractivity contribution in [2.45, 2.75) is 23.8 Å². The van der Waals surface area contributed by atoms with Gasteiger partial charge in [-0.1, -0.05) is 41.9 Å². The average molecular weight is 445 g/mol. The molecule has 30 heavy (non-hydrogen) atoms. The molecular formula is C22H21ClN2O4S. The lowest BCUT2D eigenvalue weighted by atomic mass is 10.1. The first kappa shape index (κ1) is 20.8. The molecule has 3 aromatic carbocycles. The smallest absolute Gasteiger partial charge is 0.255 e. The van der Waals surface area contributed by atoms with E-state index >= 15 is 0 Å². The normalized spacial score (nSPS) is 16.6. The van der Waals surface area contributed by atoms with Crippen LogP contribution >= 0.6 is 11.6 Å². The summed E-state index contributed by atoms with van der Waals surface area (Å²) in [6, 6.07) is 17.6. The Morgan fingerprint density at radius 3 is 2.63 bits per heavy atom. The number of ether oxygens (including phenoxy) is 1. The molecule has 1 aliphatic heterocycles. The number of fused-ring (bicyclic) bond motifs is 1. The van der Waals surface area contributed by atoms with Crippen LogP contribution in [0.15, 0.2) is 65.6 Å². The van der Waals surface area contributed by atoms with Crippen molar-refractivity contribution >= 4 is 44.0 Å². The standard InChI is InChI=1S/C22H21ClN2O4S/c23-20-10-8-17(13-21(20)30(27,28)24-14-19-6-3-11-29-19)22(26)25-18-9-7-15-4-1-2-5-16(15)12-18/h1-2,4-5,7-10,12-13,19,24H,3,6,11,14H2,(H,25,26)/t19-/m1/s1. The molecule has 156 valence electrons. The molecule has 0 aromatic heterocycles. The summed E-state index contributed by atoms with van der Waals surface area (Å²) in [5, 5.41) is 4.92. The number of rotatable bonds is 6. The lowest BCUT2D eigenvalue weighted by molar-refractivity contribution is 0.102. The molecule has 4 rings (SSSR count). The summed E-state index contributed by atoms with van der Waals surface area (Å²) in [6.45, 7) is 0.809. The predicted molar refractivity (Wildman–Crippen MR) is 118 cm³/mol. The van der Waals surface area contributed by atoms with Crippen molar-refractivity contribution in [1.82, 2.24) is 4.72 Å². The van der Waals surface area contributed by atoms with Gasteiger partial charge in [-0.05, 0) is 53.9 Å². The summed E-state index contributed by atoms with van der Waals surface area (Å²) < 4.78 is 33.4. The Morgan fingerprint density at radius 2 is 1.87 bits per heavy atom. The molecule has 0 unspecified atom stereocenters. The minimum absolute atomic E-state index is 0.0529. The fraction of sp³-hybridized carbons (Fsp3) is 0.227. The van der Waals surface area contributed by atoms with Gasteiger partial charge in [0.2, 0.25) is 10.0 Å². The van der Waals surface area contributed by atoms with E-state index in [0.29, 0.717) is 12.3 Å². The van der Waals surface area contributed by atoms with Crippen LogP contribution in [0, 0.1) is 0 Å². The Balaban J connectivity index is 1.53. The van der Waals surface area contributed by atoms with E-state index in [9.17, 15) is 13.2 Å². The molecule has 1 aliphatic rings. The number of halogens is 1. The SMILES string of the molecule is O=C(Nc1ccc2ccccc2c1)c1ccc(Cl)c(S(=O)(=O)NC[C@H]2CCCO2)c1. The third-order valence-corrected chi connectivity index (χ3v) is 6.92. The molecule has 1 saturated heterocycles. The largest absolute Gasteiger partial charge is 0.377 e. The van der Waals surface area contributed by atoms with E-state index < -0.39 is 15.9 Å². The van der Waals surface area contributed by atoms with Gasteiger partial charge in [-0.3, -0.25) is 4.79 Å². The van der Waals surface area contributed by atoms with E-state index in [4.69, 9.17) is 16.3 Å². The summed E-state index contributed by atoms with van der Waals surface area (Å²) in [4.78, 5) is 12.6. The molecule has 0 radical (unpaired) electrons. The highest BCUT2D eigenvalue weighted by Crippen LogP contribution is 2.24. The van der Waals surface area contributed by atoms with Crippen LogP contribution in [0.4, 0.5) is 5.69 Å². The number of amides is 1. The highest BCUT2D eigenvalue weighted by molar-refractivity contribution is 7.89. The summed E-state index contributed by atoms with van der Waals surface area (Å²) in [5.41, 5.74) is 0.819. The number of benzene rings is 3. The molecule has 0 bridgehead atoms. The topological polar surface area (TPSA) is 84.5 Å². The molecule has 1 fully saturated rings. The van der Waals surface area contributed by atoms with Crippen molar-refractivity contribution in [2.75, 3.05) is 18.5 Å². The van der Waals surface area contributed by atoms with Gasteiger partial charge >= 0.3 is 0 Å². The zero-order valence-corrected chi connectivity index (χ0v) is 17.7. The Hall–Kier alpha value is -2.45. The molecular weight excluding hydrogens is 424 g/mol. The third kappa shape index (κ3) is 4.65. The summed E-state index contributed by atoms with van der Waals surface area (Å²) in [7, 11) is -3.88. The Kier molecular flexibility index (Phi) is 6.06. The van der Waals surface area contributed by atoms with Crippen molar-refractivity contribution in [1.29, 1.82) is 0 Å². The Bertz CT molecular complexity index is 1190. The van der Waals surface area contributed by atoms with Gasteiger partial charge in [-0.25, -0.2) is 13.1 Å². The van der Waals surface area contributed by atoms with Crippen LogP contribution in [0.3, 0.4) is 0 Å². The van der Waals surface area contributed by atoms with Crippen LogP contribution in [-0.2, 0) is 14.8 Å². The number of anilines is 1. The second-order valence-electron chi connectivity index (χ2n) is 7.15. The quantitative estimate of drug-likeness (QED) is 0.596. The number of sulfonamides is 1. The van der Waals surface area contributed by atoms with Crippen LogP contribution in [0.5, 0.6) is 0 Å². The van der Waals surface area contributed by atoms with Crippen molar-refractivity contribution in [3.63, 3.8) is 0 Å². The molecule has 1 heterocycles. The first-order valence-corrected chi connectivity index (χ1v) is 11.5. The van der Waals surface area contributed by atoms with Gasteiger partial charge < -0.3 is 10.1 Å². The second kappa shape index (κ2) is 8.73. The van der Waals surface area contributed by atoms with Gasteiger partial charge in [0.15, 0.2) is 0 Å². The van der Waals surface area contributed by atoms with E-state index in [2.05, 4.69) is 10.0 Å². The van der Waals surface area contributed by atoms with Gasteiger partial charge in [0, 0.05) is 24.4 Å². The first-order chi connectivity index (χ1) is 14.4. The number of carbonyl (C=O) groups excluding carboxylic acids is 1. The first-order valence-electron chi connectivity index (χ1n) is 9.63. The maximum absolute atomic E-state index is 12.7. The predicted octanol–water partition coefficient (Wildman–Crippen LogP) is 4.20. The Morgan fingerprint density at radius 1 is 1.07 bits per heavy atom. The maximum Gasteiger partial charge on any atom is 0.255 e. The summed E-state index contributed by atoms with van der Waals surface area (Å²) in [5.74, 6) is -0.419. The second-order valence-corrected chi connectivity index (χ2v) is 9.29. The van der Waals surface area contributed by atoms with Crippen molar-refractivity contribution in [3.8, 4) is 0 Å². The Labute approximate surface area is 180 Å². The van der Waals surface area contributed by atoms with Crippen LogP contribution in [0.1, 0.15) is 23.2 Å². The lowest BCUT2D eigenvalue weighted by Crippen LogP contribution is -2.32. The fourth-order valence-corrected chi connectivity index (χ4v) is 5.00. The molecule has 0 spiro atoms. The molecule has 0 aliphatic carbocycles. The number of hydrogen-bond acceptors (Lipinski definition) is 4. The summed E-state index contributed by atoms with van der Waals surface area (Å²) in [6.07, 6.45) is 1.58. The van der Waals surface area contributed by atoms with E-state index in [1.165, 1.54) is 18.2 Å². The van der Waals surface area contributed by atoms with Gasteiger partial charge in [0.05, 0.1) is 11.1 Å². The van der Waals surface area contributed by atoms with Crippen LogP contribution in [0.25, 0.3) is 10.8 Å². The summed E-state index contributed by atoms with van der Waals surface area (Å²) >= 11 is 6.12. The lowest BCUT2D eigenvalue weighted by Gasteiger charge is -2.13.